The van der Waals surface area contributed by atoms with Crippen LogP contribution in [0.3, 0.4) is 0 Å². The van der Waals surface area contributed by atoms with Crippen molar-refractivity contribution in [3.63, 3.8) is 0 Å². The molecule has 0 aliphatic carbocycles. The maximum Gasteiger partial charge on any atom is 0.257 e. The molecule has 1 amide bonds. The van der Waals surface area contributed by atoms with Gasteiger partial charge < -0.3 is 0 Å². The number of pyridine rings is 1. The molecule has 0 saturated carbocycles. The van der Waals surface area contributed by atoms with E-state index in [1.54, 1.807) is 39.1 Å². The molecule has 2 aromatic heterocycles. The van der Waals surface area contributed by atoms with Crippen LogP contribution in [-0.4, -0.2) is 41.7 Å². The van der Waals surface area contributed by atoms with Gasteiger partial charge in [0, 0.05) is 24.8 Å². The number of thiazole rings is 1. The van der Waals surface area contributed by atoms with Gasteiger partial charge in [-0.05, 0) is 43.7 Å². The maximum absolute atomic E-state index is 12.9. The van der Waals surface area contributed by atoms with Gasteiger partial charge in [-0.2, -0.15) is 4.31 Å². The molecule has 1 aromatic carbocycles. The number of aryl methyl sites for hydroxylation is 2. The zero-order chi connectivity index (χ0) is 21.9. The summed E-state index contributed by atoms with van der Waals surface area (Å²) in [4.78, 5) is 22.6. The van der Waals surface area contributed by atoms with E-state index in [1.165, 1.54) is 21.7 Å². The molecule has 2 heterocycles. The molecule has 158 valence electrons. The normalized spacial score (nSPS) is 11.6. The summed E-state index contributed by atoms with van der Waals surface area (Å²) >= 11 is 1.33. The summed E-state index contributed by atoms with van der Waals surface area (Å²) < 4.78 is 27.2. The van der Waals surface area contributed by atoms with Gasteiger partial charge in [0.1, 0.15) is 0 Å². The van der Waals surface area contributed by atoms with Crippen LogP contribution in [0, 0.1) is 13.8 Å². The predicted octanol–water partition coefficient (Wildman–Crippen LogP) is 4.10. The van der Waals surface area contributed by atoms with Crippen molar-refractivity contribution in [3.8, 4) is 10.6 Å². The highest BCUT2D eigenvalue weighted by atomic mass is 32.2. The van der Waals surface area contributed by atoms with E-state index in [2.05, 4.69) is 15.3 Å². The zero-order valence-electron chi connectivity index (χ0n) is 17.3. The molecule has 30 heavy (non-hydrogen) atoms. The Morgan fingerprint density at radius 2 is 1.87 bits per heavy atom. The van der Waals surface area contributed by atoms with Gasteiger partial charge in [-0.25, -0.2) is 13.4 Å². The minimum Gasteiger partial charge on any atom is -0.298 e. The second kappa shape index (κ2) is 9.03. The van der Waals surface area contributed by atoms with Crippen molar-refractivity contribution in [3.05, 3.63) is 59.4 Å². The smallest absolute Gasteiger partial charge is 0.257 e. The van der Waals surface area contributed by atoms with E-state index in [-0.39, 0.29) is 10.5 Å². The summed E-state index contributed by atoms with van der Waals surface area (Å²) in [7, 11) is -3.67. The lowest BCUT2D eigenvalue weighted by molar-refractivity contribution is 0.102. The molecular formula is C21H24N4O3S2. The number of carbonyl (C=O) groups is 1. The van der Waals surface area contributed by atoms with Crippen LogP contribution in [0.2, 0.25) is 0 Å². The number of amides is 1. The van der Waals surface area contributed by atoms with Gasteiger partial charge in [-0.3, -0.25) is 15.1 Å². The van der Waals surface area contributed by atoms with Crippen LogP contribution in [0.5, 0.6) is 0 Å². The van der Waals surface area contributed by atoms with Crippen LogP contribution in [0.4, 0.5) is 5.13 Å². The Kier molecular flexibility index (Phi) is 6.64. The van der Waals surface area contributed by atoms with Crippen molar-refractivity contribution in [2.75, 3.05) is 18.4 Å². The van der Waals surface area contributed by atoms with Gasteiger partial charge in [0.05, 0.1) is 21.2 Å². The summed E-state index contributed by atoms with van der Waals surface area (Å²) in [5.41, 5.74) is 2.41. The lowest BCUT2D eigenvalue weighted by Gasteiger charge is -2.20. The van der Waals surface area contributed by atoms with Crippen LogP contribution in [0.15, 0.2) is 47.5 Å². The van der Waals surface area contributed by atoms with Gasteiger partial charge in [0.25, 0.3) is 5.91 Å². The number of nitrogens with zero attached hydrogens (tertiary/aromatic N) is 3. The lowest BCUT2D eigenvalue weighted by atomic mass is 10.1. The fourth-order valence-electron chi connectivity index (χ4n) is 3.08. The second-order valence-corrected chi connectivity index (χ2v) is 9.58. The summed E-state index contributed by atoms with van der Waals surface area (Å²) in [5.74, 6) is -0.410. The van der Waals surface area contributed by atoms with Crippen LogP contribution >= 0.6 is 11.3 Å². The lowest BCUT2D eigenvalue weighted by Crippen LogP contribution is -2.31. The first-order valence-electron chi connectivity index (χ1n) is 9.58. The van der Waals surface area contributed by atoms with E-state index in [9.17, 15) is 13.2 Å². The Balaban J connectivity index is 1.89. The van der Waals surface area contributed by atoms with Crippen molar-refractivity contribution in [1.29, 1.82) is 0 Å². The zero-order valence-corrected chi connectivity index (χ0v) is 19.0. The van der Waals surface area contributed by atoms with E-state index < -0.39 is 15.9 Å². The summed E-state index contributed by atoms with van der Waals surface area (Å²) in [6.07, 6.45) is 1.71. The van der Waals surface area contributed by atoms with E-state index in [4.69, 9.17) is 0 Å². The third kappa shape index (κ3) is 4.43. The molecule has 0 aliphatic rings. The molecule has 0 atom stereocenters. The Morgan fingerprint density at radius 1 is 1.13 bits per heavy atom. The SMILES string of the molecule is CCN(CC)S(=O)(=O)c1cc(C(=O)Nc2nc(C)c(-c3ccccn3)s2)ccc1C. The van der Waals surface area contributed by atoms with Crippen molar-refractivity contribution in [2.24, 2.45) is 0 Å². The van der Waals surface area contributed by atoms with Gasteiger partial charge in [0.15, 0.2) is 5.13 Å². The Bertz CT molecular complexity index is 1150. The maximum atomic E-state index is 12.9. The van der Waals surface area contributed by atoms with E-state index in [0.29, 0.717) is 23.8 Å². The van der Waals surface area contributed by atoms with Crippen molar-refractivity contribution >= 4 is 32.4 Å². The number of sulfonamides is 1. The number of nitrogens with one attached hydrogen (secondary N) is 1. The highest BCUT2D eigenvalue weighted by molar-refractivity contribution is 7.89. The van der Waals surface area contributed by atoms with Crippen molar-refractivity contribution in [1.82, 2.24) is 14.3 Å². The number of aromatic nitrogens is 2. The van der Waals surface area contributed by atoms with Gasteiger partial charge in [-0.15, -0.1) is 0 Å². The van der Waals surface area contributed by atoms with Crippen molar-refractivity contribution in [2.45, 2.75) is 32.6 Å². The van der Waals surface area contributed by atoms with Gasteiger partial charge in [-0.1, -0.05) is 37.3 Å². The minimum atomic E-state index is -3.67. The third-order valence-electron chi connectivity index (χ3n) is 4.69. The van der Waals surface area contributed by atoms with Crippen LogP contribution < -0.4 is 5.32 Å². The van der Waals surface area contributed by atoms with Crippen molar-refractivity contribution < 1.29 is 13.2 Å². The average Bonchev–Trinajstić information content (AvgIpc) is 3.09. The highest BCUT2D eigenvalue weighted by Crippen LogP contribution is 2.31. The van der Waals surface area contributed by atoms with E-state index in [1.807, 2.05) is 25.1 Å². The first kappa shape index (κ1) is 22.1. The molecular weight excluding hydrogens is 420 g/mol. The van der Waals surface area contributed by atoms with Gasteiger partial charge in [0.2, 0.25) is 10.0 Å². The molecule has 3 rings (SSSR count). The molecule has 0 aliphatic heterocycles. The third-order valence-corrected chi connectivity index (χ3v) is 7.98. The first-order chi connectivity index (χ1) is 14.3. The fourth-order valence-corrected chi connectivity index (χ4v) is 5.72. The average molecular weight is 445 g/mol. The standard InChI is InChI=1S/C21H24N4O3S2/c1-5-25(6-2)30(27,28)18-13-16(11-10-14(18)3)20(26)24-21-23-15(4)19(29-21)17-9-7-8-12-22-17/h7-13H,5-6H2,1-4H3,(H,23,24,26). The summed E-state index contributed by atoms with van der Waals surface area (Å²) in [5, 5.41) is 3.21. The van der Waals surface area contributed by atoms with E-state index >= 15 is 0 Å². The highest BCUT2D eigenvalue weighted by Gasteiger charge is 2.25. The van der Waals surface area contributed by atoms with E-state index in [0.717, 1.165) is 16.3 Å². The molecule has 9 heteroatoms. The van der Waals surface area contributed by atoms with Crippen LogP contribution in [0.25, 0.3) is 10.6 Å². The second-order valence-electron chi connectivity index (χ2n) is 6.67. The predicted molar refractivity (Wildman–Crippen MR) is 119 cm³/mol. The Morgan fingerprint density at radius 3 is 2.50 bits per heavy atom. The Hall–Kier alpha value is -2.62. The molecule has 0 unspecified atom stereocenters. The monoisotopic (exact) mass is 444 g/mol. The largest absolute Gasteiger partial charge is 0.298 e. The summed E-state index contributed by atoms with van der Waals surface area (Å²) in [6, 6.07) is 10.3. The molecule has 0 radical (unpaired) electrons. The minimum absolute atomic E-state index is 0.142. The molecule has 0 fully saturated rings. The molecule has 0 spiro atoms. The number of benzene rings is 1. The molecule has 3 aromatic rings. The Labute approximate surface area is 180 Å². The number of anilines is 1. The number of rotatable bonds is 7. The number of carbonyl (C=O) groups excluding carboxylic acids is 1. The number of hydrogen-bond acceptors (Lipinski definition) is 6. The topological polar surface area (TPSA) is 92.3 Å². The quantitative estimate of drug-likeness (QED) is 0.592. The molecule has 0 bridgehead atoms. The summed E-state index contributed by atoms with van der Waals surface area (Å²) in [6.45, 7) is 7.89. The first-order valence-corrected chi connectivity index (χ1v) is 11.8. The number of hydrogen-bond donors (Lipinski definition) is 1. The van der Waals surface area contributed by atoms with Crippen LogP contribution in [-0.2, 0) is 10.0 Å². The van der Waals surface area contributed by atoms with Gasteiger partial charge >= 0.3 is 0 Å². The molecule has 7 nitrogen and oxygen atoms in total. The molecule has 0 saturated heterocycles. The van der Waals surface area contributed by atoms with Crippen LogP contribution in [0.1, 0.15) is 35.5 Å². The molecule has 1 N–H and O–H groups in total. The fraction of sp³-hybridized carbons (Fsp3) is 0.286.